The van der Waals surface area contributed by atoms with E-state index in [9.17, 15) is 9.59 Å². The van der Waals surface area contributed by atoms with Gasteiger partial charge in [0.05, 0.1) is 23.3 Å². The van der Waals surface area contributed by atoms with Gasteiger partial charge in [0.25, 0.3) is 5.91 Å². The predicted molar refractivity (Wildman–Crippen MR) is 105 cm³/mol. The number of halogens is 1. The van der Waals surface area contributed by atoms with Gasteiger partial charge >= 0.3 is 5.97 Å². The second-order valence-electron chi connectivity index (χ2n) is 5.22. The van der Waals surface area contributed by atoms with Gasteiger partial charge in [-0.2, -0.15) is 0 Å². The van der Waals surface area contributed by atoms with Gasteiger partial charge in [-0.05, 0) is 60.3 Å². The molecule has 6 nitrogen and oxygen atoms in total. The lowest BCUT2D eigenvalue weighted by Gasteiger charge is -2.05. The van der Waals surface area contributed by atoms with Crippen molar-refractivity contribution in [2.75, 3.05) is 7.11 Å². The highest BCUT2D eigenvalue weighted by Gasteiger charge is 2.24. The number of carbonyl (C=O) groups excluding carboxylic acids is 1. The van der Waals surface area contributed by atoms with Crippen molar-refractivity contribution in [2.45, 2.75) is 0 Å². The first-order valence-corrected chi connectivity index (χ1v) is 9.03. The monoisotopic (exact) mass is 432 g/mol. The van der Waals surface area contributed by atoms with E-state index in [-0.39, 0.29) is 11.5 Å². The Morgan fingerprint density at radius 2 is 2.00 bits per heavy atom. The molecule has 2 aromatic carbocycles. The molecule has 1 saturated heterocycles. The molecule has 0 radical (unpaired) electrons. The Bertz CT molecular complexity index is 939. The first-order chi connectivity index (χ1) is 12.5. The Labute approximate surface area is 162 Å². The van der Waals surface area contributed by atoms with E-state index < -0.39 is 5.97 Å². The van der Waals surface area contributed by atoms with Gasteiger partial charge in [0, 0.05) is 10.0 Å². The minimum Gasteiger partial charge on any atom is -0.496 e. The maximum Gasteiger partial charge on any atom is 0.335 e. The smallest absolute Gasteiger partial charge is 0.335 e. The molecule has 0 unspecified atom stereocenters. The molecule has 1 aliphatic heterocycles. The van der Waals surface area contributed by atoms with Crippen LogP contribution in [0, 0.1) is 0 Å². The number of aliphatic imine (C=N–C) groups is 1. The van der Waals surface area contributed by atoms with Gasteiger partial charge in [-0.25, -0.2) is 9.79 Å². The molecule has 2 N–H and O–H groups in total. The topological polar surface area (TPSA) is 88.0 Å². The average Bonchev–Trinajstić information content (AvgIpc) is 2.95. The highest BCUT2D eigenvalue weighted by atomic mass is 79.9. The number of hydrogen-bond acceptors (Lipinski definition) is 5. The molecule has 1 aliphatic rings. The summed E-state index contributed by atoms with van der Waals surface area (Å²) in [7, 11) is 1.57. The summed E-state index contributed by atoms with van der Waals surface area (Å²) in [5, 5.41) is 12.0. The number of methoxy groups -OCH3 is 1. The first-order valence-electron chi connectivity index (χ1n) is 7.43. The molecule has 0 spiro atoms. The van der Waals surface area contributed by atoms with Crippen molar-refractivity contribution in [1.82, 2.24) is 5.32 Å². The number of carbonyl (C=O) groups is 2. The normalized spacial score (nSPS) is 16.8. The van der Waals surface area contributed by atoms with Crippen LogP contribution in [0.25, 0.3) is 6.08 Å². The van der Waals surface area contributed by atoms with Crippen molar-refractivity contribution < 1.29 is 19.4 Å². The van der Waals surface area contributed by atoms with Crippen LogP contribution in [-0.2, 0) is 4.79 Å². The van der Waals surface area contributed by atoms with Gasteiger partial charge in [0.1, 0.15) is 5.75 Å². The fourth-order valence-electron chi connectivity index (χ4n) is 2.24. The number of carboxylic acid groups (broad SMARTS) is 1. The lowest BCUT2D eigenvalue weighted by molar-refractivity contribution is -0.115. The van der Waals surface area contributed by atoms with Gasteiger partial charge in [-0.1, -0.05) is 15.9 Å². The summed E-state index contributed by atoms with van der Waals surface area (Å²) in [5.41, 5.74) is 1.50. The molecule has 1 heterocycles. The Kier molecular flexibility index (Phi) is 5.43. The third-order valence-electron chi connectivity index (χ3n) is 3.47. The number of thioether (sulfide) groups is 1. The lowest BCUT2D eigenvalue weighted by Crippen LogP contribution is -2.19. The van der Waals surface area contributed by atoms with Crippen LogP contribution in [0.3, 0.4) is 0 Å². The summed E-state index contributed by atoms with van der Waals surface area (Å²) >= 11 is 4.61. The highest BCUT2D eigenvalue weighted by Crippen LogP contribution is 2.31. The molecule has 1 fully saturated rings. The number of nitrogens with zero attached hydrogens (tertiary/aromatic N) is 1. The molecule has 0 bridgehead atoms. The van der Waals surface area contributed by atoms with E-state index >= 15 is 0 Å². The second kappa shape index (κ2) is 7.76. The minimum atomic E-state index is -0.999. The fraction of sp³-hybridized carbons (Fsp3) is 0.0556. The van der Waals surface area contributed by atoms with Crippen LogP contribution in [0.4, 0.5) is 5.69 Å². The van der Waals surface area contributed by atoms with E-state index in [2.05, 4.69) is 26.2 Å². The van der Waals surface area contributed by atoms with Crippen LogP contribution in [0.2, 0.25) is 0 Å². The maximum atomic E-state index is 12.2. The predicted octanol–water partition coefficient (Wildman–Crippen LogP) is 4.05. The van der Waals surface area contributed by atoms with Gasteiger partial charge in [0.15, 0.2) is 5.17 Å². The van der Waals surface area contributed by atoms with Crippen LogP contribution < -0.4 is 10.1 Å². The zero-order valence-electron chi connectivity index (χ0n) is 13.5. The van der Waals surface area contributed by atoms with Gasteiger partial charge < -0.3 is 15.2 Å². The molecule has 0 aliphatic carbocycles. The molecule has 1 amide bonds. The summed E-state index contributed by atoms with van der Waals surface area (Å²) in [4.78, 5) is 27.9. The third kappa shape index (κ3) is 4.14. The van der Waals surface area contributed by atoms with E-state index in [1.54, 1.807) is 25.3 Å². The molecular weight excluding hydrogens is 420 g/mol. The number of ether oxygens (including phenoxy) is 1. The van der Waals surface area contributed by atoms with E-state index in [1.807, 2.05) is 18.2 Å². The molecule has 0 aromatic heterocycles. The number of amidine groups is 1. The SMILES string of the molecule is COc1ccc(Br)cc1C=C1SC(=Nc2ccc(C(=O)O)cc2)NC1=O. The van der Waals surface area contributed by atoms with Crippen LogP contribution in [0.15, 0.2) is 56.8 Å². The van der Waals surface area contributed by atoms with E-state index in [0.717, 1.165) is 10.0 Å². The zero-order valence-corrected chi connectivity index (χ0v) is 15.9. The second-order valence-corrected chi connectivity index (χ2v) is 7.17. The van der Waals surface area contributed by atoms with Gasteiger partial charge in [-0.15, -0.1) is 0 Å². The quantitative estimate of drug-likeness (QED) is 0.711. The van der Waals surface area contributed by atoms with Crippen molar-refractivity contribution >= 4 is 56.5 Å². The largest absolute Gasteiger partial charge is 0.496 e. The Morgan fingerprint density at radius 3 is 2.65 bits per heavy atom. The van der Waals surface area contributed by atoms with Crippen molar-refractivity contribution in [3.05, 3.63) is 63.0 Å². The van der Waals surface area contributed by atoms with Crippen LogP contribution in [0.1, 0.15) is 15.9 Å². The number of amides is 1. The number of nitrogens with one attached hydrogen (secondary N) is 1. The fourth-order valence-corrected chi connectivity index (χ4v) is 3.45. The van der Waals surface area contributed by atoms with E-state index in [0.29, 0.717) is 21.5 Å². The molecule has 0 saturated carbocycles. The number of benzene rings is 2. The molecule has 0 atom stereocenters. The number of aromatic carboxylic acids is 1. The number of rotatable bonds is 4. The van der Waals surface area contributed by atoms with E-state index in [1.165, 1.54) is 23.9 Å². The van der Waals surface area contributed by atoms with E-state index in [4.69, 9.17) is 9.84 Å². The lowest BCUT2D eigenvalue weighted by atomic mass is 10.2. The molecule has 26 heavy (non-hydrogen) atoms. The maximum absolute atomic E-state index is 12.2. The summed E-state index contributed by atoms with van der Waals surface area (Å²) in [5.74, 6) is -0.595. The number of carboxylic acids is 1. The summed E-state index contributed by atoms with van der Waals surface area (Å²) in [6.45, 7) is 0. The number of hydrogen-bond donors (Lipinski definition) is 2. The minimum absolute atomic E-state index is 0.180. The summed E-state index contributed by atoms with van der Waals surface area (Å²) in [6.07, 6.45) is 1.74. The first kappa shape index (κ1) is 18.2. The molecule has 8 heteroatoms. The van der Waals surface area contributed by atoms with Crippen molar-refractivity contribution in [1.29, 1.82) is 0 Å². The average molecular weight is 433 g/mol. The molecule has 2 aromatic rings. The van der Waals surface area contributed by atoms with Crippen LogP contribution in [-0.4, -0.2) is 29.3 Å². The van der Waals surface area contributed by atoms with Crippen molar-refractivity contribution in [3.63, 3.8) is 0 Å². The Hall–Kier alpha value is -2.58. The summed E-state index contributed by atoms with van der Waals surface area (Å²) < 4.78 is 6.19. The molecular formula is C18H13BrN2O4S. The van der Waals surface area contributed by atoms with Gasteiger partial charge in [0.2, 0.25) is 0 Å². The van der Waals surface area contributed by atoms with Crippen LogP contribution >= 0.6 is 27.7 Å². The van der Waals surface area contributed by atoms with Crippen LogP contribution in [0.5, 0.6) is 5.75 Å². The standard InChI is InChI=1S/C18H13BrN2O4S/c1-25-14-7-4-12(19)8-11(14)9-15-16(22)21-18(26-15)20-13-5-2-10(3-6-13)17(23)24/h2-9H,1H3,(H,23,24)(H,20,21,22). The third-order valence-corrected chi connectivity index (χ3v) is 4.88. The van der Waals surface area contributed by atoms with Gasteiger partial charge in [-0.3, -0.25) is 4.79 Å². The Balaban J connectivity index is 1.84. The molecule has 132 valence electrons. The van der Waals surface area contributed by atoms with Crippen molar-refractivity contribution in [3.8, 4) is 5.75 Å². The zero-order chi connectivity index (χ0) is 18.7. The highest BCUT2D eigenvalue weighted by molar-refractivity contribution is 9.10. The summed E-state index contributed by atoms with van der Waals surface area (Å²) in [6, 6.07) is 11.6. The van der Waals surface area contributed by atoms with Crippen molar-refractivity contribution in [2.24, 2.45) is 4.99 Å². The molecule has 3 rings (SSSR count). The Morgan fingerprint density at radius 1 is 1.27 bits per heavy atom.